The predicted molar refractivity (Wildman–Crippen MR) is 55.5 cm³/mol. The number of hydrogen-bond donors (Lipinski definition) is 1. The number of hydrogen-bond acceptors (Lipinski definition) is 2. The zero-order valence-electron chi connectivity index (χ0n) is 9.22. The van der Waals surface area contributed by atoms with Gasteiger partial charge >= 0.3 is 0 Å². The Labute approximate surface area is 77.3 Å². The minimum absolute atomic E-state index is 0.606. The monoisotopic (exact) mass is 172 g/mol. The molecule has 0 aromatic rings. The molecular weight excluding hydrogens is 148 g/mol. The maximum absolute atomic E-state index is 3.41. The van der Waals surface area contributed by atoms with Crippen LogP contribution in [0.4, 0.5) is 0 Å². The molecule has 0 saturated carbocycles. The zero-order chi connectivity index (χ0) is 9.56. The van der Waals surface area contributed by atoms with E-state index in [1.54, 1.807) is 0 Å². The molecule has 2 heteroatoms. The van der Waals surface area contributed by atoms with Gasteiger partial charge in [0.05, 0.1) is 0 Å². The van der Waals surface area contributed by atoms with Crippen LogP contribution in [0.15, 0.2) is 0 Å². The molecule has 0 heterocycles. The van der Waals surface area contributed by atoms with Gasteiger partial charge in [0.15, 0.2) is 0 Å². The quantitative estimate of drug-likeness (QED) is 0.656. The third-order valence-corrected chi connectivity index (χ3v) is 2.46. The summed E-state index contributed by atoms with van der Waals surface area (Å²) in [6.45, 7) is 11.1. The topological polar surface area (TPSA) is 15.3 Å². The number of nitrogens with zero attached hydrogens (tertiary/aromatic N) is 1. The van der Waals surface area contributed by atoms with Crippen LogP contribution in [-0.4, -0.2) is 37.1 Å². The van der Waals surface area contributed by atoms with Crippen molar-refractivity contribution in [3.8, 4) is 0 Å². The smallest absolute Gasteiger partial charge is 0.0166 e. The van der Waals surface area contributed by atoms with Crippen LogP contribution in [0.5, 0.6) is 0 Å². The third kappa shape index (κ3) is 4.73. The minimum Gasteiger partial charge on any atom is -0.313 e. The van der Waals surface area contributed by atoms with Gasteiger partial charge in [0.25, 0.3) is 0 Å². The molecular formula is C10H24N2. The summed E-state index contributed by atoms with van der Waals surface area (Å²) in [7, 11) is 2.20. The summed E-state index contributed by atoms with van der Waals surface area (Å²) in [5.74, 6) is 0. The average Bonchev–Trinajstić information content (AvgIpc) is 2.03. The van der Waals surface area contributed by atoms with Crippen LogP contribution < -0.4 is 5.32 Å². The van der Waals surface area contributed by atoms with E-state index < -0.39 is 0 Å². The molecule has 0 rings (SSSR count). The molecule has 0 aliphatic heterocycles. The highest BCUT2D eigenvalue weighted by Crippen LogP contribution is 2.00. The Kier molecular flexibility index (Phi) is 6.39. The van der Waals surface area contributed by atoms with Crippen LogP contribution in [-0.2, 0) is 0 Å². The van der Waals surface area contributed by atoms with E-state index in [4.69, 9.17) is 0 Å². The van der Waals surface area contributed by atoms with Crippen LogP contribution in [0, 0.1) is 0 Å². The molecule has 0 aromatic heterocycles. The van der Waals surface area contributed by atoms with Crippen LogP contribution in [0.1, 0.15) is 34.1 Å². The van der Waals surface area contributed by atoms with Crippen molar-refractivity contribution >= 4 is 0 Å². The molecule has 0 saturated heterocycles. The number of nitrogens with one attached hydrogen (secondary N) is 1. The summed E-state index contributed by atoms with van der Waals surface area (Å²) >= 11 is 0. The second-order valence-electron chi connectivity index (χ2n) is 3.66. The van der Waals surface area contributed by atoms with Gasteiger partial charge in [-0.25, -0.2) is 0 Å². The molecule has 0 spiro atoms. The lowest BCUT2D eigenvalue weighted by Crippen LogP contribution is -2.40. The van der Waals surface area contributed by atoms with E-state index in [0.29, 0.717) is 12.1 Å². The molecule has 2 atom stereocenters. The normalized spacial score (nSPS) is 16.5. The standard InChI is InChI=1S/C10H24N2/c1-6-10(4)12(5)8-9(3)11-7-2/h9-11H,6-8H2,1-5H3. The van der Waals surface area contributed by atoms with Gasteiger partial charge < -0.3 is 10.2 Å². The zero-order valence-corrected chi connectivity index (χ0v) is 9.22. The highest BCUT2D eigenvalue weighted by Gasteiger charge is 2.09. The summed E-state index contributed by atoms with van der Waals surface area (Å²) in [5.41, 5.74) is 0. The second-order valence-corrected chi connectivity index (χ2v) is 3.66. The first kappa shape index (κ1) is 11.9. The molecule has 0 bridgehead atoms. The summed E-state index contributed by atoms with van der Waals surface area (Å²) in [6.07, 6.45) is 1.23. The Morgan fingerprint density at radius 2 is 1.83 bits per heavy atom. The first-order valence-electron chi connectivity index (χ1n) is 5.05. The summed E-state index contributed by atoms with van der Waals surface area (Å²) < 4.78 is 0. The van der Waals surface area contributed by atoms with E-state index in [1.165, 1.54) is 6.42 Å². The van der Waals surface area contributed by atoms with Crippen LogP contribution in [0.3, 0.4) is 0 Å². The van der Waals surface area contributed by atoms with Crippen molar-refractivity contribution < 1.29 is 0 Å². The molecule has 2 nitrogen and oxygen atoms in total. The molecule has 0 aliphatic rings. The van der Waals surface area contributed by atoms with Crippen molar-refractivity contribution in [2.75, 3.05) is 20.1 Å². The molecule has 2 unspecified atom stereocenters. The Bertz CT molecular complexity index is 104. The van der Waals surface area contributed by atoms with Gasteiger partial charge in [-0.1, -0.05) is 13.8 Å². The van der Waals surface area contributed by atoms with Gasteiger partial charge in [0.1, 0.15) is 0 Å². The van der Waals surface area contributed by atoms with Crippen molar-refractivity contribution in [2.45, 2.75) is 46.2 Å². The number of likely N-dealkylation sites (N-methyl/N-ethyl adjacent to an activating group) is 2. The second kappa shape index (κ2) is 6.44. The maximum atomic E-state index is 3.41. The van der Waals surface area contributed by atoms with Gasteiger partial charge in [-0.05, 0) is 33.9 Å². The fourth-order valence-corrected chi connectivity index (χ4v) is 1.34. The van der Waals surface area contributed by atoms with Crippen molar-refractivity contribution in [1.29, 1.82) is 0 Å². The van der Waals surface area contributed by atoms with Gasteiger partial charge in [-0.3, -0.25) is 0 Å². The Morgan fingerprint density at radius 3 is 2.25 bits per heavy atom. The molecule has 74 valence electrons. The Hall–Kier alpha value is -0.0800. The lowest BCUT2D eigenvalue weighted by atomic mass is 10.2. The number of rotatable bonds is 6. The van der Waals surface area contributed by atoms with Crippen LogP contribution in [0.2, 0.25) is 0 Å². The molecule has 1 N–H and O–H groups in total. The highest BCUT2D eigenvalue weighted by atomic mass is 15.1. The molecule has 0 aromatic carbocycles. The maximum Gasteiger partial charge on any atom is 0.0166 e. The van der Waals surface area contributed by atoms with Gasteiger partial charge in [0, 0.05) is 18.6 Å². The summed E-state index contributed by atoms with van der Waals surface area (Å²) in [5, 5.41) is 3.41. The Morgan fingerprint density at radius 1 is 1.25 bits per heavy atom. The van der Waals surface area contributed by atoms with E-state index in [1.807, 2.05) is 0 Å². The van der Waals surface area contributed by atoms with Crippen LogP contribution in [0.25, 0.3) is 0 Å². The summed E-state index contributed by atoms with van der Waals surface area (Å²) in [6, 6.07) is 1.31. The predicted octanol–water partition coefficient (Wildman–Crippen LogP) is 1.71. The molecule has 0 radical (unpaired) electrons. The van der Waals surface area contributed by atoms with Gasteiger partial charge in [0.2, 0.25) is 0 Å². The van der Waals surface area contributed by atoms with Crippen molar-refractivity contribution in [3.05, 3.63) is 0 Å². The third-order valence-electron chi connectivity index (χ3n) is 2.46. The largest absolute Gasteiger partial charge is 0.313 e. The van der Waals surface area contributed by atoms with Crippen LogP contribution >= 0.6 is 0 Å². The van der Waals surface area contributed by atoms with E-state index in [0.717, 1.165) is 13.1 Å². The first-order chi connectivity index (χ1) is 5.61. The van der Waals surface area contributed by atoms with E-state index in [9.17, 15) is 0 Å². The molecule has 12 heavy (non-hydrogen) atoms. The summed E-state index contributed by atoms with van der Waals surface area (Å²) in [4.78, 5) is 2.41. The lowest BCUT2D eigenvalue weighted by molar-refractivity contribution is 0.230. The van der Waals surface area contributed by atoms with Crippen molar-refractivity contribution in [2.24, 2.45) is 0 Å². The first-order valence-corrected chi connectivity index (χ1v) is 5.05. The van der Waals surface area contributed by atoms with E-state index in [-0.39, 0.29) is 0 Å². The van der Waals surface area contributed by atoms with Crippen molar-refractivity contribution in [3.63, 3.8) is 0 Å². The SMILES string of the molecule is CCNC(C)CN(C)C(C)CC. The van der Waals surface area contributed by atoms with Crippen molar-refractivity contribution in [1.82, 2.24) is 10.2 Å². The van der Waals surface area contributed by atoms with Gasteiger partial charge in [-0.15, -0.1) is 0 Å². The fourth-order valence-electron chi connectivity index (χ4n) is 1.34. The van der Waals surface area contributed by atoms with E-state index >= 15 is 0 Å². The molecule has 0 aliphatic carbocycles. The molecule has 0 amide bonds. The average molecular weight is 172 g/mol. The lowest BCUT2D eigenvalue weighted by Gasteiger charge is -2.26. The Balaban J connectivity index is 3.59. The molecule has 0 fully saturated rings. The highest BCUT2D eigenvalue weighted by molar-refractivity contribution is 4.68. The van der Waals surface area contributed by atoms with Gasteiger partial charge in [-0.2, -0.15) is 0 Å². The minimum atomic E-state index is 0.606. The van der Waals surface area contributed by atoms with E-state index in [2.05, 4.69) is 45.0 Å². The fraction of sp³-hybridized carbons (Fsp3) is 1.00.